The zero-order valence-corrected chi connectivity index (χ0v) is 9.75. The van der Waals surface area contributed by atoms with Crippen molar-refractivity contribution in [1.82, 2.24) is 0 Å². The molecule has 1 aliphatic heterocycles. The van der Waals surface area contributed by atoms with Crippen LogP contribution < -0.4 is 0 Å². The molecule has 0 unspecified atom stereocenters. The normalized spacial score (nSPS) is 29.2. The number of rotatable bonds is 2. The van der Waals surface area contributed by atoms with Crippen LogP contribution in [0.25, 0.3) is 0 Å². The van der Waals surface area contributed by atoms with Gasteiger partial charge >= 0.3 is 0 Å². The lowest BCUT2D eigenvalue weighted by molar-refractivity contribution is 0.00200. The van der Waals surface area contributed by atoms with E-state index in [1.54, 1.807) is 6.92 Å². The Morgan fingerprint density at radius 1 is 1.69 bits per heavy atom. The van der Waals surface area contributed by atoms with Crippen molar-refractivity contribution < 1.29 is 4.84 Å². The van der Waals surface area contributed by atoms with Crippen LogP contribution in [0.3, 0.4) is 0 Å². The van der Waals surface area contributed by atoms with Crippen LogP contribution in [0.15, 0.2) is 15.7 Å². The highest BCUT2D eigenvalue weighted by Crippen LogP contribution is 2.33. The van der Waals surface area contributed by atoms with Crippen LogP contribution in [0.4, 0.5) is 0 Å². The molecule has 0 aliphatic carbocycles. The zero-order valence-electron chi connectivity index (χ0n) is 6.73. The largest absolute Gasteiger partial charge is 0.386 e. The average molecular weight is 263 g/mol. The number of oxime groups is 1. The Bertz CT molecular complexity index is 261. The first-order valence-electron chi connectivity index (χ1n) is 3.51. The molecule has 0 spiro atoms. The van der Waals surface area contributed by atoms with E-state index < -0.39 is 11.0 Å². The molecule has 2 nitrogen and oxygen atoms in total. The fraction of sp³-hybridized carbons (Fsp3) is 0.571. The van der Waals surface area contributed by atoms with E-state index in [1.807, 2.05) is 0 Å². The van der Waals surface area contributed by atoms with E-state index in [0.29, 0.717) is 11.6 Å². The van der Waals surface area contributed by atoms with Crippen LogP contribution in [0, 0.1) is 0 Å². The van der Waals surface area contributed by atoms with Crippen LogP contribution >= 0.6 is 46.4 Å². The van der Waals surface area contributed by atoms with E-state index in [9.17, 15) is 0 Å². The third kappa shape index (κ3) is 2.91. The first-order valence-corrected chi connectivity index (χ1v) is 5.08. The van der Waals surface area contributed by atoms with E-state index in [0.717, 1.165) is 0 Å². The number of alkyl halides is 1. The van der Waals surface area contributed by atoms with Gasteiger partial charge in [-0.15, -0.1) is 11.6 Å². The summed E-state index contributed by atoms with van der Waals surface area (Å²) in [4.78, 5) is 5.08. The molecule has 0 aromatic carbocycles. The maximum atomic E-state index is 5.99. The van der Waals surface area contributed by atoms with Gasteiger partial charge in [-0.1, -0.05) is 40.0 Å². The summed E-state index contributed by atoms with van der Waals surface area (Å²) >= 11 is 22.6. The van der Waals surface area contributed by atoms with Crippen molar-refractivity contribution in [3.63, 3.8) is 0 Å². The number of nitrogens with zero attached hydrogens (tertiary/aromatic N) is 1. The van der Waals surface area contributed by atoms with E-state index in [2.05, 4.69) is 5.16 Å². The lowest BCUT2D eigenvalue weighted by Gasteiger charge is -2.24. The minimum absolute atomic E-state index is 0.104. The standard InChI is InChI=1S/C7H7Cl4NO/c1-7(3-6(11)12-13-7)4(8)2-5(9)10/h2,4H,3H2,1H3/t4-,7-/m0/s1. The minimum Gasteiger partial charge on any atom is -0.386 e. The molecule has 0 saturated heterocycles. The molecule has 13 heavy (non-hydrogen) atoms. The van der Waals surface area contributed by atoms with Gasteiger partial charge in [0.25, 0.3) is 0 Å². The molecule has 0 saturated carbocycles. The summed E-state index contributed by atoms with van der Waals surface area (Å²) < 4.78 is 0.104. The monoisotopic (exact) mass is 261 g/mol. The Labute approximate surface area is 96.4 Å². The van der Waals surface area contributed by atoms with Gasteiger partial charge in [-0.05, 0) is 13.0 Å². The maximum absolute atomic E-state index is 5.99. The molecule has 0 aromatic rings. The Kier molecular flexibility index (Phi) is 3.75. The van der Waals surface area contributed by atoms with E-state index in [-0.39, 0.29) is 4.49 Å². The summed E-state index contributed by atoms with van der Waals surface area (Å²) in [7, 11) is 0. The predicted molar refractivity (Wildman–Crippen MR) is 56.8 cm³/mol. The molecule has 2 atom stereocenters. The van der Waals surface area contributed by atoms with E-state index in [1.165, 1.54) is 6.08 Å². The van der Waals surface area contributed by atoms with Crippen LogP contribution in [0.5, 0.6) is 0 Å². The van der Waals surface area contributed by atoms with Gasteiger partial charge in [-0.2, -0.15) is 0 Å². The summed E-state index contributed by atoms with van der Waals surface area (Å²) in [6.07, 6.45) is 1.94. The summed E-state index contributed by atoms with van der Waals surface area (Å²) in [6.45, 7) is 1.79. The molecule has 74 valence electrons. The Morgan fingerprint density at radius 3 is 2.69 bits per heavy atom. The highest BCUT2D eigenvalue weighted by molar-refractivity contribution is 6.65. The van der Waals surface area contributed by atoms with E-state index in [4.69, 9.17) is 51.2 Å². The summed E-state index contributed by atoms with van der Waals surface area (Å²) in [6, 6.07) is 0. The second kappa shape index (κ2) is 4.26. The van der Waals surface area contributed by atoms with Crippen molar-refractivity contribution in [3.8, 4) is 0 Å². The first-order chi connectivity index (χ1) is 5.94. The molecule has 0 aromatic heterocycles. The van der Waals surface area contributed by atoms with Crippen LogP contribution in [-0.4, -0.2) is 16.1 Å². The lowest BCUT2D eigenvalue weighted by Crippen LogP contribution is -2.34. The molecule has 1 rings (SSSR count). The van der Waals surface area contributed by atoms with Gasteiger partial charge in [0.05, 0.1) is 5.38 Å². The predicted octanol–water partition coefficient (Wildman–Crippen LogP) is 3.64. The van der Waals surface area contributed by atoms with Crippen molar-refractivity contribution in [2.45, 2.75) is 24.3 Å². The Morgan fingerprint density at radius 2 is 2.31 bits per heavy atom. The molecule has 6 heteroatoms. The van der Waals surface area contributed by atoms with Gasteiger partial charge in [0.15, 0.2) is 5.60 Å². The van der Waals surface area contributed by atoms with Crippen LogP contribution in [0.2, 0.25) is 0 Å². The third-order valence-corrected chi connectivity index (χ3v) is 2.75. The smallest absolute Gasteiger partial charge is 0.161 e. The van der Waals surface area contributed by atoms with Crippen molar-refractivity contribution in [1.29, 1.82) is 0 Å². The second-order valence-electron chi connectivity index (χ2n) is 2.91. The fourth-order valence-corrected chi connectivity index (χ4v) is 1.87. The van der Waals surface area contributed by atoms with Crippen molar-refractivity contribution in [3.05, 3.63) is 10.6 Å². The molecular formula is C7H7Cl4NO. The fourth-order valence-electron chi connectivity index (χ4n) is 0.943. The van der Waals surface area contributed by atoms with Crippen molar-refractivity contribution >= 4 is 51.6 Å². The first kappa shape index (κ1) is 11.4. The van der Waals surface area contributed by atoms with Crippen molar-refractivity contribution in [2.75, 3.05) is 0 Å². The molecule has 1 heterocycles. The summed E-state index contributed by atoms with van der Waals surface area (Å²) in [5.41, 5.74) is -0.659. The Balaban J connectivity index is 2.68. The molecule has 0 bridgehead atoms. The molecular weight excluding hydrogens is 256 g/mol. The van der Waals surface area contributed by atoms with Crippen LogP contribution in [-0.2, 0) is 4.84 Å². The molecule has 0 fully saturated rings. The molecule has 1 aliphatic rings. The number of hydrogen-bond donors (Lipinski definition) is 0. The van der Waals surface area contributed by atoms with Crippen molar-refractivity contribution in [2.24, 2.45) is 5.16 Å². The van der Waals surface area contributed by atoms with Gasteiger partial charge in [0.1, 0.15) is 9.66 Å². The van der Waals surface area contributed by atoms with E-state index >= 15 is 0 Å². The summed E-state index contributed by atoms with van der Waals surface area (Å²) in [5.74, 6) is 0. The number of hydrogen-bond acceptors (Lipinski definition) is 2. The maximum Gasteiger partial charge on any atom is 0.161 e. The lowest BCUT2D eigenvalue weighted by atomic mass is 9.99. The molecule has 0 amide bonds. The van der Waals surface area contributed by atoms with Gasteiger partial charge in [-0.25, -0.2) is 0 Å². The van der Waals surface area contributed by atoms with Gasteiger partial charge in [0, 0.05) is 6.42 Å². The minimum atomic E-state index is -0.659. The highest BCUT2D eigenvalue weighted by atomic mass is 35.5. The quantitative estimate of drug-likeness (QED) is 0.697. The van der Waals surface area contributed by atoms with Crippen LogP contribution in [0.1, 0.15) is 13.3 Å². The topological polar surface area (TPSA) is 21.6 Å². The Hall–Kier alpha value is 0.370. The van der Waals surface area contributed by atoms with Gasteiger partial charge in [0.2, 0.25) is 0 Å². The number of halogens is 4. The molecule has 0 radical (unpaired) electrons. The highest BCUT2D eigenvalue weighted by Gasteiger charge is 2.40. The summed E-state index contributed by atoms with van der Waals surface area (Å²) in [5, 5.41) is 3.53. The third-order valence-electron chi connectivity index (χ3n) is 1.71. The van der Waals surface area contributed by atoms with Gasteiger partial charge in [-0.3, -0.25) is 0 Å². The van der Waals surface area contributed by atoms with Gasteiger partial charge < -0.3 is 4.84 Å². The molecule has 0 N–H and O–H groups in total. The average Bonchev–Trinajstić information content (AvgIpc) is 2.31. The zero-order chi connectivity index (χ0) is 10.1. The SMILES string of the molecule is C[C@@]1([C@@H](Cl)C=C(Cl)Cl)CC(Cl)=NO1. The second-order valence-corrected chi connectivity index (χ2v) is 4.82.